The molecule has 0 aliphatic rings. The Kier molecular flexibility index (Phi) is 8.90. The Morgan fingerprint density at radius 1 is 0.535 bits per heavy atom. The number of rotatable bonds is 10. The lowest BCUT2D eigenvalue weighted by molar-refractivity contribution is -0.185. The minimum Gasteiger partial charge on any atom is -0.429 e. The lowest BCUT2D eigenvalue weighted by Gasteiger charge is -2.19. The quantitative estimate of drug-likeness (QED) is 0.116. The number of hydrogen-bond acceptors (Lipinski definition) is 1. The van der Waals surface area contributed by atoms with E-state index in [0.29, 0.717) is 11.1 Å². The first kappa shape index (κ1) is 30.0. The Morgan fingerprint density at radius 3 is 1.77 bits per heavy atom. The van der Waals surface area contributed by atoms with Gasteiger partial charge in [-0.3, -0.25) is 0 Å². The van der Waals surface area contributed by atoms with Crippen LogP contribution in [0.4, 0.5) is 26.3 Å². The van der Waals surface area contributed by atoms with E-state index in [1.54, 1.807) is 12.1 Å². The van der Waals surface area contributed by atoms with Crippen molar-refractivity contribution in [2.75, 3.05) is 0 Å². The average molecular weight is 591 g/mol. The third-order valence-corrected chi connectivity index (χ3v) is 7.27. The van der Waals surface area contributed by atoms with E-state index in [0.717, 1.165) is 67.3 Å². The largest absolute Gasteiger partial charge is 0.429 e. The molecule has 0 heterocycles. The number of aryl methyl sites for hydroxylation is 1. The number of hydrogen-bond donors (Lipinski definition) is 0. The van der Waals surface area contributed by atoms with Crippen LogP contribution in [0, 0.1) is 23.3 Å². The van der Waals surface area contributed by atoms with E-state index >= 15 is 4.39 Å². The number of halogens is 6. The fourth-order valence-corrected chi connectivity index (χ4v) is 4.88. The van der Waals surface area contributed by atoms with Gasteiger partial charge in [0.2, 0.25) is 0 Å². The van der Waals surface area contributed by atoms with Crippen molar-refractivity contribution in [3.8, 4) is 39.1 Å². The van der Waals surface area contributed by atoms with Crippen LogP contribution in [-0.4, -0.2) is 0 Å². The molecule has 0 spiro atoms. The second-order valence-corrected chi connectivity index (χ2v) is 10.3. The van der Waals surface area contributed by atoms with Gasteiger partial charge in [0.1, 0.15) is 17.4 Å². The van der Waals surface area contributed by atoms with Crippen molar-refractivity contribution in [1.82, 2.24) is 0 Å². The Bertz CT molecular complexity index is 1710. The van der Waals surface area contributed by atoms with Gasteiger partial charge < -0.3 is 4.74 Å². The van der Waals surface area contributed by atoms with Gasteiger partial charge in [-0.1, -0.05) is 74.4 Å². The number of unbranched alkanes of at least 4 members (excludes halogenated alkanes) is 2. The zero-order valence-electron chi connectivity index (χ0n) is 23.3. The molecule has 0 unspecified atom stereocenters. The normalized spacial score (nSPS) is 11.5. The Balaban J connectivity index is 1.28. The van der Waals surface area contributed by atoms with Gasteiger partial charge in [-0.05, 0) is 83.1 Å². The SMILES string of the molecule is CCCCCc1ccc(-c2ccc(-c3ccc(C(F)(F)Oc4ccc(-c5ccc(F)c(F)c5)c(F)c4)cc3)c(F)c2)cc1. The van der Waals surface area contributed by atoms with Crippen LogP contribution in [0.2, 0.25) is 0 Å². The summed E-state index contributed by atoms with van der Waals surface area (Å²) in [6.07, 6.45) is 0.635. The smallest absolute Gasteiger partial charge is 0.426 e. The summed E-state index contributed by atoms with van der Waals surface area (Å²) in [7, 11) is 0. The topological polar surface area (TPSA) is 9.23 Å². The van der Waals surface area contributed by atoms with Crippen molar-refractivity contribution in [2.45, 2.75) is 38.7 Å². The maximum absolute atomic E-state index is 15.1. The van der Waals surface area contributed by atoms with Crippen LogP contribution in [0.5, 0.6) is 5.75 Å². The second kappa shape index (κ2) is 12.8. The predicted octanol–water partition coefficient (Wildman–Crippen LogP) is 11.1. The summed E-state index contributed by atoms with van der Waals surface area (Å²) in [6, 6.07) is 23.7. The highest BCUT2D eigenvalue weighted by atomic mass is 19.3. The molecule has 0 aromatic heterocycles. The van der Waals surface area contributed by atoms with E-state index in [1.165, 1.54) is 36.2 Å². The lowest BCUT2D eigenvalue weighted by atomic mass is 9.97. The summed E-state index contributed by atoms with van der Waals surface area (Å²) in [5.74, 6) is -4.15. The van der Waals surface area contributed by atoms with Crippen LogP contribution in [0.1, 0.15) is 37.3 Å². The van der Waals surface area contributed by atoms with Crippen LogP contribution < -0.4 is 4.74 Å². The van der Waals surface area contributed by atoms with Crippen LogP contribution in [0.3, 0.4) is 0 Å². The van der Waals surface area contributed by atoms with Crippen molar-refractivity contribution in [2.24, 2.45) is 0 Å². The lowest BCUT2D eigenvalue weighted by Crippen LogP contribution is -2.21. The molecule has 7 heteroatoms. The van der Waals surface area contributed by atoms with Crippen LogP contribution in [0.15, 0.2) is 103 Å². The van der Waals surface area contributed by atoms with Gasteiger partial charge in [-0.15, -0.1) is 0 Å². The summed E-state index contributed by atoms with van der Waals surface area (Å²) in [5, 5.41) is 0. The predicted molar refractivity (Wildman–Crippen MR) is 157 cm³/mol. The maximum Gasteiger partial charge on any atom is 0.426 e. The fraction of sp³-hybridized carbons (Fsp3) is 0.167. The molecule has 5 aromatic rings. The van der Waals surface area contributed by atoms with Gasteiger partial charge >= 0.3 is 6.11 Å². The Hall–Kier alpha value is -4.52. The summed E-state index contributed by atoms with van der Waals surface area (Å²) in [4.78, 5) is 0. The van der Waals surface area contributed by atoms with Gasteiger partial charge in [0.25, 0.3) is 0 Å². The van der Waals surface area contributed by atoms with Crippen molar-refractivity contribution in [3.63, 3.8) is 0 Å². The molecule has 1 nitrogen and oxygen atoms in total. The van der Waals surface area contributed by atoms with Gasteiger partial charge in [-0.2, -0.15) is 8.78 Å². The summed E-state index contributed by atoms with van der Waals surface area (Å²) < 4.78 is 91.2. The molecule has 0 atom stereocenters. The first-order valence-electron chi connectivity index (χ1n) is 14.0. The van der Waals surface area contributed by atoms with Crippen molar-refractivity contribution in [3.05, 3.63) is 138 Å². The molecular weight excluding hydrogens is 562 g/mol. The molecule has 0 N–H and O–H groups in total. The van der Waals surface area contributed by atoms with Crippen molar-refractivity contribution >= 4 is 0 Å². The third kappa shape index (κ3) is 6.94. The van der Waals surface area contributed by atoms with E-state index in [-0.39, 0.29) is 16.7 Å². The summed E-state index contributed by atoms with van der Waals surface area (Å²) >= 11 is 0. The Morgan fingerprint density at radius 2 is 1.12 bits per heavy atom. The zero-order chi connectivity index (χ0) is 30.6. The number of ether oxygens (including phenoxy) is 1. The molecule has 0 saturated heterocycles. The van der Waals surface area contributed by atoms with Gasteiger partial charge in [0, 0.05) is 17.2 Å². The Labute approximate surface area is 246 Å². The molecule has 43 heavy (non-hydrogen) atoms. The highest BCUT2D eigenvalue weighted by Crippen LogP contribution is 2.36. The van der Waals surface area contributed by atoms with Gasteiger partial charge in [0.15, 0.2) is 11.6 Å². The molecular formula is C36H28F6O. The molecule has 0 aliphatic carbocycles. The van der Waals surface area contributed by atoms with E-state index < -0.39 is 40.7 Å². The third-order valence-electron chi connectivity index (χ3n) is 7.27. The average Bonchev–Trinajstić information content (AvgIpc) is 2.99. The molecule has 0 aliphatic heterocycles. The van der Waals surface area contributed by atoms with E-state index in [4.69, 9.17) is 4.74 Å². The maximum atomic E-state index is 15.1. The minimum absolute atomic E-state index is 0.0428. The molecule has 0 bridgehead atoms. The second-order valence-electron chi connectivity index (χ2n) is 10.3. The van der Waals surface area contributed by atoms with Crippen LogP contribution in [0.25, 0.3) is 33.4 Å². The monoisotopic (exact) mass is 590 g/mol. The minimum atomic E-state index is -3.83. The summed E-state index contributed by atoms with van der Waals surface area (Å²) in [6.45, 7) is 2.16. The zero-order valence-corrected chi connectivity index (χ0v) is 23.3. The highest BCUT2D eigenvalue weighted by Gasteiger charge is 2.35. The number of benzene rings is 5. The first-order chi connectivity index (χ1) is 20.6. The van der Waals surface area contributed by atoms with Crippen LogP contribution >= 0.6 is 0 Å². The van der Waals surface area contributed by atoms with Gasteiger partial charge in [0.05, 0.1) is 5.56 Å². The molecule has 5 aromatic carbocycles. The molecule has 0 radical (unpaired) electrons. The summed E-state index contributed by atoms with van der Waals surface area (Å²) in [5.41, 5.74) is 2.90. The molecule has 5 rings (SSSR count). The van der Waals surface area contributed by atoms with Crippen LogP contribution in [-0.2, 0) is 12.5 Å². The van der Waals surface area contributed by atoms with Crippen molar-refractivity contribution in [1.29, 1.82) is 0 Å². The fourth-order valence-electron chi connectivity index (χ4n) is 4.88. The van der Waals surface area contributed by atoms with E-state index in [1.807, 2.05) is 24.3 Å². The standard InChI is InChI=1S/C36H28F6O/c1-2-3-4-5-23-6-8-24(9-7-23)26-12-17-30(33(38)20-26)25-10-14-28(15-11-25)36(41,42)43-29-16-18-31(34(39)22-29)27-13-19-32(37)35(40)21-27/h6-22H,2-5H2,1H3. The van der Waals surface area contributed by atoms with Crippen molar-refractivity contribution < 1.29 is 31.1 Å². The molecule has 0 amide bonds. The van der Waals surface area contributed by atoms with Gasteiger partial charge in [-0.25, -0.2) is 17.6 Å². The highest BCUT2D eigenvalue weighted by molar-refractivity contribution is 5.71. The molecule has 220 valence electrons. The number of alkyl halides is 2. The molecule has 0 saturated carbocycles. The van der Waals surface area contributed by atoms with E-state index in [2.05, 4.69) is 6.92 Å². The molecule has 0 fully saturated rings. The first-order valence-corrected chi connectivity index (χ1v) is 14.0. The van der Waals surface area contributed by atoms with E-state index in [9.17, 15) is 22.0 Å².